The number of thiazole rings is 1. The van der Waals surface area contributed by atoms with Crippen molar-refractivity contribution in [3.63, 3.8) is 0 Å². The van der Waals surface area contributed by atoms with E-state index in [1.807, 2.05) is 18.4 Å². The van der Waals surface area contributed by atoms with Crippen LogP contribution in [-0.4, -0.2) is 11.5 Å². The van der Waals surface area contributed by atoms with Gasteiger partial charge >= 0.3 is 0 Å². The van der Waals surface area contributed by atoms with Gasteiger partial charge in [-0.2, -0.15) is 5.26 Å². The van der Waals surface area contributed by atoms with Crippen LogP contribution < -0.4 is 5.32 Å². The number of nitrogens with zero attached hydrogens (tertiary/aromatic N) is 2. The maximum Gasteiger partial charge on any atom is 0.161 e. The van der Waals surface area contributed by atoms with E-state index in [-0.39, 0.29) is 16.0 Å². The fourth-order valence-electron chi connectivity index (χ4n) is 1.60. The number of hydrogen-bond acceptors (Lipinski definition) is 4. The average molecular weight is 340 g/mol. The van der Waals surface area contributed by atoms with E-state index in [2.05, 4.69) is 26.2 Å². The van der Waals surface area contributed by atoms with Gasteiger partial charge in [-0.05, 0) is 28.1 Å². The predicted molar refractivity (Wildman–Crippen MR) is 77.8 cm³/mol. The third-order valence-electron chi connectivity index (χ3n) is 2.67. The molecule has 1 heterocycles. The van der Waals surface area contributed by atoms with Crippen molar-refractivity contribution in [2.24, 2.45) is 0 Å². The molecule has 6 heteroatoms. The predicted octanol–water partition coefficient (Wildman–Crippen LogP) is 4.13. The molecule has 0 saturated heterocycles. The summed E-state index contributed by atoms with van der Waals surface area (Å²) in [6, 6.07) is 5.09. The molecule has 0 spiro atoms. The van der Waals surface area contributed by atoms with Crippen LogP contribution in [0.5, 0.6) is 0 Å². The molecule has 1 atom stereocenters. The molecule has 0 amide bonds. The zero-order valence-corrected chi connectivity index (χ0v) is 12.6. The van der Waals surface area contributed by atoms with Crippen molar-refractivity contribution >= 4 is 33.0 Å². The number of nitrogens with one attached hydrogen (secondary N) is 1. The van der Waals surface area contributed by atoms with E-state index < -0.39 is 5.82 Å². The first-order valence-corrected chi connectivity index (χ1v) is 7.32. The molecule has 0 saturated carbocycles. The molecule has 2 rings (SSSR count). The van der Waals surface area contributed by atoms with Crippen molar-refractivity contribution in [3.05, 3.63) is 44.6 Å². The lowest BCUT2D eigenvalue weighted by molar-refractivity contribution is 0.621. The first-order chi connectivity index (χ1) is 9.13. The number of nitriles is 1. The normalized spacial score (nSPS) is 11.9. The summed E-state index contributed by atoms with van der Waals surface area (Å²) in [7, 11) is 0. The SMILES string of the molecule is CC(CNc1ccc(C#N)c(Br)c1F)c1nccs1. The summed E-state index contributed by atoms with van der Waals surface area (Å²) in [6.07, 6.45) is 1.76. The summed E-state index contributed by atoms with van der Waals surface area (Å²) in [5.74, 6) is -0.237. The Morgan fingerprint density at radius 3 is 3.00 bits per heavy atom. The Hall–Kier alpha value is -1.45. The number of anilines is 1. The van der Waals surface area contributed by atoms with E-state index >= 15 is 0 Å². The van der Waals surface area contributed by atoms with Gasteiger partial charge in [-0.15, -0.1) is 11.3 Å². The van der Waals surface area contributed by atoms with Crippen molar-refractivity contribution in [1.29, 1.82) is 5.26 Å². The van der Waals surface area contributed by atoms with Crippen molar-refractivity contribution in [2.45, 2.75) is 12.8 Å². The van der Waals surface area contributed by atoms with Gasteiger partial charge in [0.2, 0.25) is 0 Å². The summed E-state index contributed by atoms with van der Waals surface area (Å²) in [4.78, 5) is 4.23. The van der Waals surface area contributed by atoms with E-state index in [4.69, 9.17) is 5.26 Å². The summed E-state index contributed by atoms with van der Waals surface area (Å²) < 4.78 is 14.2. The van der Waals surface area contributed by atoms with Crippen molar-refractivity contribution in [3.8, 4) is 6.07 Å². The molecule has 19 heavy (non-hydrogen) atoms. The molecule has 1 N–H and O–H groups in total. The van der Waals surface area contributed by atoms with E-state index in [0.29, 0.717) is 12.2 Å². The largest absolute Gasteiger partial charge is 0.382 e. The van der Waals surface area contributed by atoms with Gasteiger partial charge in [0.25, 0.3) is 0 Å². The van der Waals surface area contributed by atoms with Crippen LogP contribution in [0.25, 0.3) is 0 Å². The van der Waals surface area contributed by atoms with Crippen LogP contribution in [0.4, 0.5) is 10.1 Å². The molecule has 0 aliphatic rings. The fourth-order valence-corrected chi connectivity index (χ4v) is 2.73. The Bertz CT molecular complexity index is 607. The number of halogens is 2. The van der Waals surface area contributed by atoms with Gasteiger partial charge in [0.15, 0.2) is 5.82 Å². The quantitative estimate of drug-likeness (QED) is 0.910. The molecular formula is C13H11BrFN3S. The summed E-state index contributed by atoms with van der Waals surface area (Å²) in [6.45, 7) is 2.62. The van der Waals surface area contributed by atoms with E-state index in [1.54, 1.807) is 29.7 Å². The summed E-state index contributed by atoms with van der Waals surface area (Å²) >= 11 is 4.67. The minimum atomic E-state index is -0.439. The number of rotatable bonds is 4. The first-order valence-electron chi connectivity index (χ1n) is 5.65. The van der Waals surface area contributed by atoms with Gasteiger partial charge in [0.1, 0.15) is 6.07 Å². The maximum atomic E-state index is 14.0. The highest BCUT2D eigenvalue weighted by Crippen LogP contribution is 2.27. The molecule has 0 aliphatic heterocycles. The lowest BCUT2D eigenvalue weighted by atomic mass is 10.1. The molecule has 0 bridgehead atoms. The Morgan fingerprint density at radius 2 is 2.37 bits per heavy atom. The highest BCUT2D eigenvalue weighted by atomic mass is 79.9. The van der Waals surface area contributed by atoms with E-state index in [0.717, 1.165) is 5.01 Å². The van der Waals surface area contributed by atoms with Crippen LogP contribution in [0, 0.1) is 17.1 Å². The summed E-state index contributed by atoms with van der Waals surface area (Å²) in [5.41, 5.74) is 0.672. The van der Waals surface area contributed by atoms with Gasteiger partial charge in [-0.1, -0.05) is 6.92 Å². The summed E-state index contributed by atoms with van der Waals surface area (Å²) in [5, 5.41) is 14.8. The third kappa shape index (κ3) is 3.11. The van der Waals surface area contributed by atoms with Crippen molar-refractivity contribution < 1.29 is 4.39 Å². The average Bonchev–Trinajstić information content (AvgIpc) is 2.94. The zero-order chi connectivity index (χ0) is 13.8. The molecule has 1 aromatic heterocycles. The standard InChI is InChI=1S/C13H11BrFN3S/c1-8(13-17-4-5-19-13)7-18-10-3-2-9(6-16)11(14)12(10)15/h2-5,8,18H,7H2,1H3. The second-order valence-electron chi connectivity index (χ2n) is 4.05. The van der Waals surface area contributed by atoms with Crippen LogP contribution in [0.2, 0.25) is 0 Å². The van der Waals surface area contributed by atoms with Gasteiger partial charge < -0.3 is 5.32 Å². The number of hydrogen-bond donors (Lipinski definition) is 1. The molecule has 0 radical (unpaired) electrons. The van der Waals surface area contributed by atoms with Gasteiger partial charge in [-0.3, -0.25) is 0 Å². The monoisotopic (exact) mass is 339 g/mol. The second kappa shape index (κ2) is 6.13. The topological polar surface area (TPSA) is 48.7 Å². The number of aromatic nitrogens is 1. The van der Waals surface area contributed by atoms with Crippen molar-refractivity contribution in [1.82, 2.24) is 4.98 Å². The van der Waals surface area contributed by atoms with Gasteiger partial charge in [0.05, 0.1) is 20.7 Å². The molecule has 1 aromatic carbocycles. The lowest BCUT2D eigenvalue weighted by Crippen LogP contribution is -2.11. The molecule has 98 valence electrons. The highest BCUT2D eigenvalue weighted by Gasteiger charge is 2.13. The van der Waals surface area contributed by atoms with Crippen LogP contribution in [0.1, 0.15) is 23.4 Å². The van der Waals surface area contributed by atoms with E-state index in [9.17, 15) is 4.39 Å². The molecule has 0 fully saturated rings. The van der Waals surface area contributed by atoms with E-state index in [1.165, 1.54) is 0 Å². The smallest absolute Gasteiger partial charge is 0.161 e. The van der Waals surface area contributed by atoms with Gasteiger partial charge in [0, 0.05) is 24.0 Å². The molecule has 3 nitrogen and oxygen atoms in total. The third-order valence-corrected chi connectivity index (χ3v) is 4.46. The molecule has 0 aliphatic carbocycles. The first kappa shape index (κ1) is 14.0. The maximum absolute atomic E-state index is 14.0. The van der Waals surface area contributed by atoms with Gasteiger partial charge in [-0.25, -0.2) is 9.37 Å². The minimum absolute atomic E-state index is 0.196. The van der Waals surface area contributed by atoms with Crippen LogP contribution in [0.3, 0.4) is 0 Å². The number of benzene rings is 1. The molecular weight excluding hydrogens is 329 g/mol. The Morgan fingerprint density at radius 1 is 1.58 bits per heavy atom. The van der Waals surface area contributed by atoms with Crippen LogP contribution >= 0.6 is 27.3 Å². The molecule has 2 aromatic rings. The second-order valence-corrected chi connectivity index (χ2v) is 5.77. The van der Waals surface area contributed by atoms with Crippen LogP contribution in [-0.2, 0) is 0 Å². The highest BCUT2D eigenvalue weighted by molar-refractivity contribution is 9.10. The zero-order valence-electron chi connectivity index (χ0n) is 10.2. The van der Waals surface area contributed by atoms with Crippen molar-refractivity contribution in [2.75, 3.05) is 11.9 Å². The fraction of sp³-hybridized carbons (Fsp3) is 0.231. The Kier molecular flexibility index (Phi) is 4.51. The lowest BCUT2D eigenvalue weighted by Gasteiger charge is -2.13. The van der Waals surface area contributed by atoms with Crippen LogP contribution in [0.15, 0.2) is 28.2 Å². The Balaban J connectivity index is 2.09. The molecule has 1 unspecified atom stereocenters. The minimum Gasteiger partial charge on any atom is -0.382 e. The Labute approximate surface area is 123 Å².